The van der Waals surface area contributed by atoms with Crippen LogP contribution < -0.4 is 10.1 Å². The van der Waals surface area contributed by atoms with E-state index in [0.717, 1.165) is 13.1 Å². The minimum atomic E-state index is -3.33. The maximum absolute atomic E-state index is 12.1. The highest BCUT2D eigenvalue weighted by Crippen LogP contribution is 2.11. The Labute approximate surface area is 155 Å². The zero-order valence-electron chi connectivity index (χ0n) is 15.3. The van der Waals surface area contributed by atoms with Gasteiger partial charge in [-0.25, -0.2) is 8.42 Å². The van der Waals surface area contributed by atoms with Crippen LogP contribution in [-0.2, 0) is 14.8 Å². The number of hydrogen-bond donors (Lipinski definition) is 1. The van der Waals surface area contributed by atoms with Crippen molar-refractivity contribution in [2.75, 3.05) is 65.8 Å². The van der Waals surface area contributed by atoms with Crippen molar-refractivity contribution in [2.45, 2.75) is 0 Å². The van der Waals surface area contributed by atoms with Crippen molar-refractivity contribution in [3.05, 3.63) is 29.8 Å². The van der Waals surface area contributed by atoms with Crippen LogP contribution in [0.25, 0.3) is 0 Å². The Morgan fingerprint density at radius 3 is 2.46 bits per heavy atom. The highest BCUT2D eigenvalue weighted by molar-refractivity contribution is 7.88. The third-order valence-electron chi connectivity index (χ3n) is 4.24. The minimum Gasteiger partial charge on any atom is -0.497 e. The lowest BCUT2D eigenvalue weighted by Gasteiger charge is -2.29. The van der Waals surface area contributed by atoms with Gasteiger partial charge in [0.15, 0.2) is 0 Å². The van der Waals surface area contributed by atoms with Gasteiger partial charge in [0, 0.05) is 44.8 Å². The molecule has 0 atom stereocenters. The summed E-state index contributed by atoms with van der Waals surface area (Å²) >= 11 is 0. The maximum Gasteiger partial charge on any atom is 0.251 e. The van der Waals surface area contributed by atoms with Crippen molar-refractivity contribution in [2.24, 2.45) is 0 Å². The van der Waals surface area contributed by atoms with Crippen molar-refractivity contribution >= 4 is 15.9 Å². The Morgan fingerprint density at radius 1 is 1.23 bits per heavy atom. The van der Waals surface area contributed by atoms with Gasteiger partial charge < -0.3 is 14.8 Å². The molecule has 1 fully saturated rings. The van der Waals surface area contributed by atoms with Crippen LogP contribution in [0.3, 0.4) is 0 Å². The minimum absolute atomic E-state index is 0.241. The van der Waals surface area contributed by atoms with Crippen LogP contribution in [-0.4, -0.2) is 89.4 Å². The van der Waals surface area contributed by atoms with Crippen molar-refractivity contribution in [3.8, 4) is 5.75 Å². The fourth-order valence-corrected chi connectivity index (χ4v) is 3.50. The second kappa shape index (κ2) is 9.86. The average molecular weight is 385 g/mol. The predicted molar refractivity (Wildman–Crippen MR) is 99.0 cm³/mol. The molecule has 8 nitrogen and oxygen atoms in total. The molecule has 1 amide bonds. The first kappa shape index (κ1) is 20.6. The van der Waals surface area contributed by atoms with Crippen molar-refractivity contribution in [1.82, 2.24) is 14.5 Å². The lowest BCUT2D eigenvalue weighted by Crippen LogP contribution is -2.44. The molecule has 26 heavy (non-hydrogen) atoms. The van der Waals surface area contributed by atoms with E-state index in [1.165, 1.54) is 10.6 Å². The molecule has 1 aromatic carbocycles. The molecule has 2 rings (SSSR count). The Hall–Kier alpha value is -1.68. The molecule has 1 aliphatic heterocycles. The van der Waals surface area contributed by atoms with E-state index >= 15 is 0 Å². The molecule has 1 aromatic rings. The second-order valence-electron chi connectivity index (χ2n) is 6.10. The number of carbonyl (C=O) groups is 1. The third-order valence-corrected chi connectivity index (χ3v) is 5.54. The number of nitrogens with zero attached hydrogens (tertiary/aromatic N) is 2. The van der Waals surface area contributed by atoms with Gasteiger partial charge >= 0.3 is 0 Å². The fraction of sp³-hybridized carbons (Fsp3) is 0.588. The third kappa shape index (κ3) is 6.56. The van der Waals surface area contributed by atoms with E-state index in [2.05, 4.69) is 10.2 Å². The molecule has 0 radical (unpaired) electrons. The molecule has 0 spiro atoms. The standard InChI is InChI=1S/C17H27N3O5S/c1-24-16-5-3-15(4-6-16)17(21)18-7-8-20(26(2,22)23)10-9-19-11-13-25-14-12-19/h3-6H,7-14H2,1-2H3,(H,18,21). The van der Waals surface area contributed by atoms with Crippen LogP contribution in [0, 0.1) is 0 Å². The molecule has 0 aromatic heterocycles. The molecule has 0 bridgehead atoms. The lowest BCUT2D eigenvalue weighted by molar-refractivity contribution is 0.0363. The topological polar surface area (TPSA) is 88.2 Å². The fourth-order valence-electron chi connectivity index (χ4n) is 2.66. The first-order chi connectivity index (χ1) is 12.4. The van der Waals surface area contributed by atoms with Crippen LogP contribution in [0.2, 0.25) is 0 Å². The van der Waals surface area contributed by atoms with Gasteiger partial charge in [0.2, 0.25) is 10.0 Å². The summed E-state index contributed by atoms with van der Waals surface area (Å²) in [6, 6.07) is 6.75. The van der Waals surface area contributed by atoms with Crippen LogP contribution in [0.15, 0.2) is 24.3 Å². The maximum atomic E-state index is 12.1. The van der Waals surface area contributed by atoms with Crippen molar-refractivity contribution < 1.29 is 22.7 Å². The molecule has 1 aliphatic rings. The lowest BCUT2D eigenvalue weighted by atomic mass is 10.2. The van der Waals surface area contributed by atoms with Crippen LogP contribution >= 0.6 is 0 Å². The van der Waals surface area contributed by atoms with Crippen LogP contribution in [0.4, 0.5) is 0 Å². The number of nitrogens with one attached hydrogen (secondary N) is 1. The normalized spacial score (nSPS) is 15.8. The van der Waals surface area contributed by atoms with E-state index in [1.54, 1.807) is 31.4 Å². The average Bonchev–Trinajstić information content (AvgIpc) is 2.64. The van der Waals surface area contributed by atoms with E-state index in [1.807, 2.05) is 0 Å². The molecule has 1 saturated heterocycles. The highest BCUT2D eigenvalue weighted by atomic mass is 32.2. The van der Waals surface area contributed by atoms with E-state index in [-0.39, 0.29) is 19.0 Å². The summed E-state index contributed by atoms with van der Waals surface area (Å²) < 4.78 is 35.7. The predicted octanol–water partition coefficient (Wildman–Crippen LogP) is 0.0188. The highest BCUT2D eigenvalue weighted by Gasteiger charge is 2.19. The van der Waals surface area contributed by atoms with Crippen LogP contribution in [0.1, 0.15) is 10.4 Å². The summed E-state index contributed by atoms with van der Waals surface area (Å²) in [4.78, 5) is 14.3. The molecule has 1 heterocycles. The summed E-state index contributed by atoms with van der Waals surface area (Å²) in [7, 11) is -1.77. The van der Waals surface area contributed by atoms with E-state index in [0.29, 0.717) is 37.6 Å². The molecular formula is C17H27N3O5S. The first-order valence-electron chi connectivity index (χ1n) is 8.57. The number of carbonyl (C=O) groups excluding carboxylic acids is 1. The Balaban J connectivity index is 1.81. The van der Waals surface area contributed by atoms with Gasteiger partial charge in [-0.2, -0.15) is 4.31 Å². The van der Waals surface area contributed by atoms with Gasteiger partial charge in [-0.05, 0) is 24.3 Å². The van der Waals surface area contributed by atoms with E-state index in [9.17, 15) is 13.2 Å². The van der Waals surface area contributed by atoms with E-state index < -0.39 is 10.0 Å². The van der Waals surface area contributed by atoms with Gasteiger partial charge in [0.1, 0.15) is 5.75 Å². The van der Waals surface area contributed by atoms with Crippen molar-refractivity contribution in [3.63, 3.8) is 0 Å². The zero-order chi connectivity index (χ0) is 19.0. The SMILES string of the molecule is COc1ccc(C(=O)NCCN(CCN2CCOCC2)S(C)(=O)=O)cc1. The molecule has 0 aliphatic carbocycles. The first-order valence-corrected chi connectivity index (χ1v) is 10.4. The Morgan fingerprint density at radius 2 is 1.88 bits per heavy atom. The van der Waals surface area contributed by atoms with Gasteiger partial charge in [-0.15, -0.1) is 0 Å². The van der Waals surface area contributed by atoms with Crippen molar-refractivity contribution in [1.29, 1.82) is 0 Å². The molecule has 0 unspecified atom stereocenters. The Bertz CT molecular complexity index is 672. The zero-order valence-corrected chi connectivity index (χ0v) is 16.1. The summed E-state index contributed by atoms with van der Waals surface area (Å²) in [5.41, 5.74) is 0.505. The quantitative estimate of drug-likeness (QED) is 0.645. The van der Waals surface area contributed by atoms with Gasteiger partial charge in [-0.3, -0.25) is 9.69 Å². The number of rotatable bonds is 9. The number of sulfonamides is 1. The molecule has 1 N–H and O–H groups in total. The summed E-state index contributed by atoms with van der Waals surface area (Å²) in [6.45, 7) is 4.53. The number of morpholine rings is 1. The Kier molecular flexibility index (Phi) is 7.83. The molecular weight excluding hydrogens is 358 g/mol. The number of benzene rings is 1. The summed E-state index contributed by atoms with van der Waals surface area (Å²) in [5.74, 6) is 0.433. The summed E-state index contributed by atoms with van der Waals surface area (Å²) in [5, 5.41) is 2.76. The molecule has 146 valence electrons. The number of hydrogen-bond acceptors (Lipinski definition) is 6. The largest absolute Gasteiger partial charge is 0.497 e. The summed E-state index contributed by atoms with van der Waals surface area (Å²) in [6.07, 6.45) is 1.19. The van der Waals surface area contributed by atoms with Gasteiger partial charge in [0.25, 0.3) is 5.91 Å². The molecule has 0 saturated carbocycles. The second-order valence-corrected chi connectivity index (χ2v) is 8.08. The van der Waals surface area contributed by atoms with Gasteiger partial charge in [0.05, 0.1) is 26.6 Å². The van der Waals surface area contributed by atoms with E-state index in [4.69, 9.17) is 9.47 Å². The number of ether oxygens (including phenoxy) is 2. The number of methoxy groups -OCH3 is 1. The monoisotopic (exact) mass is 385 g/mol. The van der Waals surface area contributed by atoms with Gasteiger partial charge in [-0.1, -0.05) is 0 Å². The molecule has 9 heteroatoms. The van der Waals surface area contributed by atoms with Crippen LogP contribution in [0.5, 0.6) is 5.75 Å². The number of amides is 1. The smallest absolute Gasteiger partial charge is 0.251 e.